The molecule has 0 unspecified atom stereocenters. The van der Waals surface area contributed by atoms with Crippen molar-refractivity contribution in [3.63, 3.8) is 0 Å². The fourth-order valence-corrected chi connectivity index (χ4v) is 3.05. The van der Waals surface area contributed by atoms with Crippen molar-refractivity contribution >= 4 is 29.3 Å². The van der Waals surface area contributed by atoms with Crippen LogP contribution in [-0.4, -0.2) is 23.6 Å². The van der Waals surface area contributed by atoms with Gasteiger partial charge in [-0.25, -0.2) is 4.98 Å². The number of nitrogens with zero attached hydrogens (tertiary/aromatic N) is 2. The van der Waals surface area contributed by atoms with Crippen molar-refractivity contribution in [2.24, 2.45) is 11.1 Å². The maximum Gasteiger partial charge on any atom is 0.266 e. The lowest BCUT2D eigenvalue weighted by atomic mass is 10.5. The summed E-state index contributed by atoms with van der Waals surface area (Å²) in [5.41, 5.74) is 0. The second-order valence-electron chi connectivity index (χ2n) is 4.13. The summed E-state index contributed by atoms with van der Waals surface area (Å²) in [5, 5.41) is 3.88. The number of thiazole rings is 1. The first-order valence-electron chi connectivity index (χ1n) is 5.99. The van der Waals surface area contributed by atoms with Gasteiger partial charge in [0.1, 0.15) is 10.9 Å². The summed E-state index contributed by atoms with van der Waals surface area (Å²) < 4.78 is 24.5. The molecule has 1 aliphatic carbocycles. The predicted octanol–water partition coefficient (Wildman–Crippen LogP) is 4.17. The summed E-state index contributed by atoms with van der Waals surface area (Å²) in [6.07, 6.45) is 5.49. The van der Waals surface area contributed by atoms with Crippen LogP contribution < -0.4 is 0 Å². The van der Waals surface area contributed by atoms with Crippen LogP contribution >= 0.6 is 23.1 Å². The van der Waals surface area contributed by atoms with E-state index in [2.05, 4.69) is 10.1 Å². The van der Waals surface area contributed by atoms with Crippen LogP contribution in [0.15, 0.2) is 27.8 Å². The van der Waals surface area contributed by atoms with Crippen molar-refractivity contribution in [3.05, 3.63) is 23.2 Å². The largest absolute Gasteiger partial charge is 0.395 e. The summed E-state index contributed by atoms with van der Waals surface area (Å²) in [6, 6.07) is 0. The normalized spacial score (nSPS) is 14.8. The third-order valence-corrected chi connectivity index (χ3v) is 4.53. The van der Waals surface area contributed by atoms with Crippen molar-refractivity contribution in [2.75, 3.05) is 12.4 Å². The Morgan fingerprint density at radius 2 is 2.42 bits per heavy atom. The summed E-state index contributed by atoms with van der Waals surface area (Å²) in [4.78, 5) is 10.2. The zero-order chi connectivity index (χ0) is 13.5. The summed E-state index contributed by atoms with van der Waals surface area (Å²) in [6.45, 7) is 0.693. The van der Waals surface area contributed by atoms with E-state index in [1.54, 1.807) is 12.4 Å². The summed E-state index contributed by atoms with van der Waals surface area (Å²) >= 11 is 2.94. The maximum atomic E-state index is 11.8. The minimum atomic E-state index is -1.62. The monoisotopic (exact) mass is 304 g/mol. The molecule has 0 spiro atoms. The first-order chi connectivity index (χ1) is 9.24. The van der Waals surface area contributed by atoms with Gasteiger partial charge in [-0.2, -0.15) is 8.78 Å². The third kappa shape index (κ3) is 6.15. The van der Waals surface area contributed by atoms with E-state index in [9.17, 15) is 8.78 Å². The van der Waals surface area contributed by atoms with E-state index in [-0.39, 0.29) is 0 Å². The molecule has 1 saturated carbocycles. The fraction of sp³-hybridized carbons (Fsp3) is 0.500. The van der Waals surface area contributed by atoms with Crippen molar-refractivity contribution in [2.45, 2.75) is 23.6 Å². The number of hydrogen-bond donors (Lipinski definition) is 0. The smallest absolute Gasteiger partial charge is 0.266 e. The Morgan fingerprint density at radius 1 is 1.58 bits per heavy atom. The molecule has 19 heavy (non-hydrogen) atoms. The molecule has 7 heteroatoms. The molecular formula is C12H14F2N2OS2. The van der Waals surface area contributed by atoms with Crippen molar-refractivity contribution in [1.82, 2.24) is 4.98 Å². The molecule has 1 aromatic rings. The fourth-order valence-electron chi connectivity index (χ4n) is 1.23. The molecule has 2 rings (SSSR count). The Hall–Kier alpha value is -0.950. The van der Waals surface area contributed by atoms with Crippen LogP contribution in [0.25, 0.3) is 0 Å². The molecule has 0 saturated heterocycles. The van der Waals surface area contributed by atoms with Gasteiger partial charge in [0.15, 0.2) is 0 Å². The van der Waals surface area contributed by atoms with E-state index in [0.717, 1.165) is 15.3 Å². The van der Waals surface area contributed by atoms with E-state index >= 15 is 0 Å². The van der Waals surface area contributed by atoms with E-state index in [0.29, 0.717) is 24.7 Å². The minimum absolute atomic E-state index is 0.348. The number of oxime groups is 1. The molecule has 3 nitrogen and oxygen atoms in total. The number of hydrogen-bond acceptors (Lipinski definition) is 5. The number of rotatable bonds is 8. The molecule has 0 aromatic carbocycles. The van der Waals surface area contributed by atoms with Crippen LogP contribution in [-0.2, 0) is 4.84 Å². The second-order valence-corrected chi connectivity index (χ2v) is 6.54. The Labute approximate surface area is 118 Å². The first kappa shape index (κ1) is 14.5. The van der Waals surface area contributed by atoms with Gasteiger partial charge >= 0.3 is 0 Å². The van der Waals surface area contributed by atoms with Crippen LogP contribution in [0.2, 0.25) is 0 Å². The molecule has 0 bridgehead atoms. The molecule has 1 heterocycles. The lowest BCUT2D eigenvalue weighted by Gasteiger charge is -1.93. The van der Waals surface area contributed by atoms with Crippen molar-refractivity contribution in [1.29, 1.82) is 0 Å². The molecule has 0 amide bonds. The van der Waals surface area contributed by atoms with Gasteiger partial charge < -0.3 is 4.84 Å². The second kappa shape index (κ2) is 7.59. The average molecular weight is 304 g/mol. The predicted molar refractivity (Wildman–Crippen MR) is 74.0 cm³/mol. The standard InChI is InChI=1S/C12H14F2N2OS2/c13-11(14)2-1-5-18-12-15-6-10(19-12)7-16-17-8-9-3-4-9/h2,6-7,9H,1,3-5,8H2. The molecule has 1 aromatic heterocycles. The molecular weight excluding hydrogens is 290 g/mol. The van der Waals surface area contributed by atoms with Gasteiger partial charge in [0.25, 0.3) is 6.08 Å². The Balaban J connectivity index is 1.67. The van der Waals surface area contributed by atoms with Gasteiger partial charge in [-0.1, -0.05) is 16.9 Å². The van der Waals surface area contributed by atoms with Crippen LogP contribution in [0.1, 0.15) is 24.1 Å². The van der Waals surface area contributed by atoms with Gasteiger partial charge in [-0.3, -0.25) is 0 Å². The number of thioether (sulfide) groups is 1. The van der Waals surface area contributed by atoms with Gasteiger partial charge in [0.2, 0.25) is 0 Å². The third-order valence-electron chi connectivity index (χ3n) is 2.41. The SMILES string of the molecule is FC(F)=CCCSc1ncc(C=NOCC2CC2)s1. The zero-order valence-electron chi connectivity index (χ0n) is 10.2. The molecule has 0 aliphatic heterocycles. The minimum Gasteiger partial charge on any atom is -0.395 e. The van der Waals surface area contributed by atoms with Gasteiger partial charge in [0.05, 0.1) is 11.1 Å². The highest BCUT2D eigenvalue weighted by molar-refractivity contribution is 8.01. The summed E-state index contributed by atoms with van der Waals surface area (Å²) in [5.74, 6) is 1.29. The molecule has 0 radical (unpaired) electrons. The Kier molecular flexibility index (Phi) is 5.78. The number of allylic oxidation sites excluding steroid dienone is 1. The lowest BCUT2D eigenvalue weighted by molar-refractivity contribution is 0.135. The van der Waals surface area contributed by atoms with Gasteiger partial charge in [0, 0.05) is 11.9 Å². The van der Waals surface area contributed by atoms with Crippen LogP contribution in [0, 0.1) is 5.92 Å². The molecule has 104 valence electrons. The topological polar surface area (TPSA) is 34.5 Å². The average Bonchev–Trinajstić information content (AvgIpc) is 3.09. The highest BCUT2D eigenvalue weighted by Gasteiger charge is 2.21. The quantitative estimate of drug-likeness (QED) is 0.313. The van der Waals surface area contributed by atoms with E-state index in [4.69, 9.17) is 4.84 Å². The Morgan fingerprint density at radius 3 is 3.16 bits per heavy atom. The van der Waals surface area contributed by atoms with Crippen molar-refractivity contribution in [3.8, 4) is 0 Å². The van der Waals surface area contributed by atoms with E-state index < -0.39 is 6.08 Å². The molecule has 0 N–H and O–H groups in total. The molecule has 0 atom stereocenters. The lowest BCUT2D eigenvalue weighted by Crippen LogP contribution is -1.89. The van der Waals surface area contributed by atoms with E-state index in [1.165, 1.54) is 35.9 Å². The van der Waals surface area contributed by atoms with Gasteiger partial charge in [-0.05, 0) is 31.3 Å². The highest BCUT2D eigenvalue weighted by atomic mass is 32.2. The van der Waals surface area contributed by atoms with E-state index in [1.807, 2.05) is 0 Å². The van der Waals surface area contributed by atoms with Gasteiger partial charge in [-0.15, -0.1) is 11.3 Å². The molecule has 1 fully saturated rings. The number of halogens is 2. The van der Waals surface area contributed by atoms with Crippen molar-refractivity contribution < 1.29 is 13.6 Å². The van der Waals surface area contributed by atoms with Crippen LogP contribution in [0.3, 0.4) is 0 Å². The van der Waals surface area contributed by atoms with Crippen LogP contribution in [0.4, 0.5) is 8.78 Å². The Bertz CT molecular complexity index is 454. The maximum absolute atomic E-state index is 11.8. The molecule has 1 aliphatic rings. The zero-order valence-corrected chi connectivity index (χ0v) is 11.9. The first-order valence-corrected chi connectivity index (χ1v) is 7.79. The summed E-state index contributed by atoms with van der Waals surface area (Å²) in [7, 11) is 0. The van der Waals surface area contributed by atoms with Crippen LogP contribution in [0.5, 0.6) is 0 Å². The highest BCUT2D eigenvalue weighted by Crippen LogP contribution is 2.29. The number of aromatic nitrogens is 1.